The van der Waals surface area contributed by atoms with Gasteiger partial charge in [0.15, 0.2) is 6.39 Å². The summed E-state index contributed by atoms with van der Waals surface area (Å²) in [6, 6.07) is 0. The van der Waals surface area contributed by atoms with E-state index in [1.807, 2.05) is 6.92 Å². The van der Waals surface area contributed by atoms with E-state index in [9.17, 15) is 0 Å². The van der Waals surface area contributed by atoms with Crippen LogP contribution in [0.4, 0.5) is 0 Å². The third-order valence-electron chi connectivity index (χ3n) is 1.73. The second-order valence-electron chi connectivity index (χ2n) is 2.94. The number of hydrogen-bond acceptors (Lipinski definition) is 5. The molecule has 0 bridgehead atoms. The van der Waals surface area contributed by atoms with Gasteiger partial charge in [-0.1, -0.05) is 0 Å². The Morgan fingerprint density at radius 3 is 2.93 bits per heavy atom. The van der Waals surface area contributed by atoms with E-state index < -0.39 is 0 Å². The maximum atomic E-state index is 5.28. The molecule has 0 saturated carbocycles. The average molecular weight is 193 g/mol. The van der Waals surface area contributed by atoms with Crippen LogP contribution in [0.15, 0.2) is 27.6 Å². The van der Waals surface area contributed by atoms with E-state index in [1.54, 1.807) is 12.4 Å². The molecule has 0 unspecified atom stereocenters. The first-order valence-corrected chi connectivity index (χ1v) is 4.34. The van der Waals surface area contributed by atoms with Gasteiger partial charge in [-0.05, 0) is 6.92 Å². The van der Waals surface area contributed by atoms with Crippen molar-refractivity contribution in [3.05, 3.63) is 36.2 Å². The zero-order valence-electron chi connectivity index (χ0n) is 7.86. The van der Waals surface area contributed by atoms with E-state index in [2.05, 4.69) is 15.3 Å². The van der Waals surface area contributed by atoms with Crippen LogP contribution in [0.1, 0.15) is 17.4 Å². The molecule has 2 rings (SSSR count). The third kappa shape index (κ3) is 2.20. The van der Waals surface area contributed by atoms with E-state index in [1.165, 1.54) is 6.39 Å². The van der Waals surface area contributed by atoms with Crippen molar-refractivity contribution in [2.75, 3.05) is 0 Å². The fourth-order valence-electron chi connectivity index (χ4n) is 1.11. The van der Waals surface area contributed by atoms with Crippen LogP contribution in [0, 0.1) is 6.92 Å². The Labute approximate surface area is 81.2 Å². The van der Waals surface area contributed by atoms with Gasteiger partial charge in [-0.2, -0.15) is 0 Å². The number of aromatic nitrogens is 2. The Morgan fingerprint density at radius 1 is 1.36 bits per heavy atom. The highest BCUT2D eigenvalue weighted by atomic mass is 16.4. The van der Waals surface area contributed by atoms with Crippen LogP contribution in [-0.4, -0.2) is 9.97 Å². The minimum absolute atomic E-state index is 0.592. The summed E-state index contributed by atoms with van der Waals surface area (Å²) in [6.07, 6.45) is 4.78. The first kappa shape index (κ1) is 8.96. The Kier molecular flexibility index (Phi) is 2.60. The molecule has 5 nitrogen and oxygen atoms in total. The lowest BCUT2D eigenvalue weighted by Crippen LogP contribution is -2.12. The van der Waals surface area contributed by atoms with Crippen molar-refractivity contribution in [1.82, 2.24) is 15.3 Å². The number of hydrogen-bond donors (Lipinski definition) is 1. The number of nitrogens with zero attached hydrogens (tertiary/aromatic N) is 2. The molecule has 0 spiro atoms. The second-order valence-corrected chi connectivity index (χ2v) is 2.94. The lowest BCUT2D eigenvalue weighted by atomic mass is 10.5. The molecule has 2 aromatic rings. The molecule has 0 saturated heterocycles. The van der Waals surface area contributed by atoms with Gasteiger partial charge in [-0.3, -0.25) is 0 Å². The van der Waals surface area contributed by atoms with Crippen molar-refractivity contribution in [2.45, 2.75) is 20.0 Å². The minimum Gasteiger partial charge on any atom is -0.447 e. The minimum atomic E-state index is 0.592. The molecule has 74 valence electrons. The Morgan fingerprint density at radius 2 is 2.29 bits per heavy atom. The number of aryl methyl sites for hydroxylation is 1. The van der Waals surface area contributed by atoms with Gasteiger partial charge in [0.1, 0.15) is 11.5 Å². The summed E-state index contributed by atoms with van der Waals surface area (Å²) >= 11 is 0. The van der Waals surface area contributed by atoms with Crippen molar-refractivity contribution in [2.24, 2.45) is 0 Å². The SMILES string of the molecule is Cc1cnc(CNCc2cnco2)o1. The van der Waals surface area contributed by atoms with Gasteiger partial charge in [-0.15, -0.1) is 0 Å². The molecule has 2 aromatic heterocycles. The van der Waals surface area contributed by atoms with Crippen LogP contribution < -0.4 is 5.32 Å². The quantitative estimate of drug-likeness (QED) is 0.791. The lowest BCUT2D eigenvalue weighted by Gasteiger charge is -1.97. The predicted molar refractivity (Wildman–Crippen MR) is 48.3 cm³/mol. The fraction of sp³-hybridized carbons (Fsp3) is 0.333. The molecule has 0 aromatic carbocycles. The van der Waals surface area contributed by atoms with Crippen molar-refractivity contribution in [1.29, 1.82) is 0 Å². The van der Waals surface area contributed by atoms with Gasteiger partial charge in [0.05, 0.1) is 25.5 Å². The maximum Gasteiger partial charge on any atom is 0.208 e. The van der Waals surface area contributed by atoms with E-state index in [-0.39, 0.29) is 0 Å². The fourth-order valence-corrected chi connectivity index (χ4v) is 1.11. The molecule has 0 aliphatic rings. The molecule has 0 atom stereocenters. The van der Waals surface area contributed by atoms with Crippen LogP contribution >= 0.6 is 0 Å². The second kappa shape index (κ2) is 4.06. The molecule has 0 radical (unpaired) electrons. The highest BCUT2D eigenvalue weighted by Crippen LogP contribution is 2.01. The van der Waals surface area contributed by atoms with Crippen LogP contribution in [0.2, 0.25) is 0 Å². The highest BCUT2D eigenvalue weighted by molar-refractivity contribution is 4.91. The van der Waals surface area contributed by atoms with Gasteiger partial charge in [0, 0.05) is 0 Å². The molecule has 2 heterocycles. The molecule has 0 fully saturated rings. The van der Waals surface area contributed by atoms with Crippen LogP contribution in [0.5, 0.6) is 0 Å². The van der Waals surface area contributed by atoms with Gasteiger partial charge < -0.3 is 14.2 Å². The van der Waals surface area contributed by atoms with Crippen molar-refractivity contribution >= 4 is 0 Å². The summed E-state index contributed by atoms with van der Waals surface area (Å²) in [5.41, 5.74) is 0. The molecular formula is C9H11N3O2. The summed E-state index contributed by atoms with van der Waals surface area (Å²) < 4.78 is 10.3. The molecule has 0 amide bonds. The van der Waals surface area contributed by atoms with Gasteiger partial charge in [-0.25, -0.2) is 9.97 Å². The molecular weight excluding hydrogens is 182 g/mol. The largest absolute Gasteiger partial charge is 0.447 e. The van der Waals surface area contributed by atoms with Crippen LogP contribution in [-0.2, 0) is 13.1 Å². The third-order valence-corrected chi connectivity index (χ3v) is 1.73. The summed E-state index contributed by atoms with van der Waals surface area (Å²) in [5, 5.41) is 3.13. The topological polar surface area (TPSA) is 64.1 Å². The Hall–Kier alpha value is -1.62. The highest BCUT2D eigenvalue weighted by Gasteiger charge is 2.00. The van der Waals surface area contributed by atoms with E-state index in [0.717, 1.165) is 11.5 Å². The van der Waals surface area contributed by atoms with Crippen LogP contribution in [0.3, 0.4) is 0 Å². The number of oxazole rings is 2. The molecule has 5 heteroatoms. The maximum absolute atomic E-state index is 5.28. The molecule has 14 heavy (non-hydrogen) atoms. The van der Waals surface area contributed by atoms with Crippen LogP contribution in [0.25, 0.3) is 0 Å². The van der Waals surface area contributed by atoms with Crippen molar-refractivity contribution in [3.63, 3.8) is 0 Å². The Balaban J connectivity index is 1.78. The van der Waals surface area contributed by atoms with Gasteiger partial charge >= 0.3 is 0 Å². The monoisotopic (exact) mass is 193 g/mol. The number of rotatable bonds is 4. The summed E-state index contributed by atoms with van der Waals surface area (Å²) in [7, 11) is 0. The summed E-state index contributed by atoms with van der Waals surface area (Å²) in [4.78, 5) is 7.87. The van der Waals surface area contributed by atoms with Gasteiger partial charge in [0.25, 0.3) is 0 Å². The normalized spacial score (nSPS) is 10.6. The zero-order valence-corrected chi connectivity index (χ0v) is 7.86. The van der Waals surface area contributed by atoms with E-state index in [4.69, 9.17) is 8.83 Å². The molecule has 0 aliphatic carbocycles. The Bertz CT molecular complexity index is 380. The zero-order chi connectivity index (χ0) is 9.80. The van der Waals surface area contributed by atoms with Crippen molar-refractivity contribution in [3.8, 4) is 0 Å². The first-order chi connectivity index (χ1) is 6.84. The first-order valence-electron chi connectivity index (χ1n) is 4.34. The summed E-state index contributed by atoms with van der Waals surface area (Å²) in [5.74, 6) is 2.30. The van der Waals surface area contributed by atoms with E-state index >= 15 is 0 Å². The lowest BCUT2D eigenvalue weighted by molar-refractivity contribution is 0.430. The molecule has 0 aliphatic heterocycles. The average Bonchev–Trinajstić information content (AvgIpc) is 2.77. The standard InChI is InChI=1S/C9H11N3O2/c1-7-2-12-9(14-7)5-10-3-8-4-11-6-13-8/h2,4,6,10H,3,5H2,1H3. The predicted octanol–water partition coefficient (Wildman–Crippen LogP) is 1.26. The van der Waals surface area contributed by atoms with Crippen molar-refractivity contribution < 1.29 is 8.83 Å². The van der Waals surface area contributed by atoms with Gasteiger partial charge in [0.2, 0.25) is 5.89 Å². The molecule has 1 N–H and O–H groups in total. The van der Waals surface area contributed by atoms with E-state index in [0.29, 0.717) is 19.0 Å². The number of nitrogens with one attached hydrogen (secondary N) is 1. The smallest absolute Gasteiger partial charge is 0.208 e. The summed E-state index contributed by atoms with van der Waals surface area (Å²) in [6.45, 7) is 3.09.